The van der Waals surface area contributed by atoms with Gasteiger partial charge in [-0.1, -0.05) is 25.7 Å². The zero-order chi connectivity index (χ0) is 15.2. The van der Waals surface area contributed by atoms with E-state index in [1.54, 1.807) is 12.1 Å². The van der Waals surface area contributed by atoms with Crippen LogP contribution in [0, 0.1) is 11.8 Å². The van der Waals surface area contributed by atoms with Gasteiger partial charge in [-0.05, 0) is 18.1 Å². The van der Waals surface area contributed by atoms with Gasteiger partial charge in [0, 0.05) is 11.6 Å². The third-order valence-electron chi connectivity index (χ3n) is 2.66. The molecule has 5 nitrogen and oxygen atoms in total. The van der Waals surface area contributed by atoms with Gasteiger partial charge in [-0.25, -0.2) is 9.97 Å². The highest BCUT2D eigenvalue weighted by molar-refractivity contribution is 7.14. The maximum absolute atomic E-state index is 12.2. The molecule has 0 aliphatic heterocycles. The van der Waals surface area contributed by atoms with Gasteiger partial charge in [-0.2, -0.15) is 0 Å². The molecule has 0 atom stereocenters. The Morgan fingerprint density at radius 1 is 1.52 bits per heavy atom. The summed E-state index contributed by atoms with van der Waals surface area (Å²) < 4.78 is 0. The van der Waals surface area contributed by atoms with Crippen LogP contribution >= 0.6 is 11.3 Å². The van der Waals surface area contributed by atoms with Gasteiger partial charge in [-0.3, -0.25) is 10.1 Å². The molecule has 2 aromatic heterocycles. The molecule has 2 heterocycles. The molecule has 0 aliphatic rings. The summed E-state index contributed by atoms with van der Waals surface area (Å²) in [4.78, 5) is 20.6. The Labute approximate surface area is 127 Å². The maximum Gasteiger partial charge on any atom is 0.277 e. The second kappa shape index (κ2) is 6.97. The number of carbonyl (C=O) groups is 1. The van der Waals surface area contributed by atoms with Crippen molar-refractivity contribution in [2.45, 2.75) is 19.8 Å². The number of carbonyl (C=O) groups excluding carboxylic acids is 1. The number of thiazole rings is 1. The van der Waals surface area contributed by atoms with Crippen molar-refractivity contribution >= 4 is 22.4 Å². The summed E-state index contributed by atoms with van der Waals surface area (Å²) in [7, 11) is 0. The van der Waals surface area contributed by atoms with Crippen molar-refractivity contribution in [1.29, 1.82) is 0 Å². The number of rotatable bonds is 3. The minimum Gasteiger partial charge on any atom is -0.384 e. The maximum atomic E-state index is 12.2. The molecule has 2 aromatic rings. The number of aliphatic hydroxyl groups excluding tert-OH is 1. The lowest BCUT2D eigenvalue weighted by Gasteiger charge is -2.03. The van der Waals surface area contributed by atoms with Crippen LogP contribution in [-0.4, -0.2) is 27.6 Å². The predicted molar refractivity (Wildman–Crippen MR) is 82.4 cm³/mol. The van der Waals surface area contributed by atoms with Crippen molar-refractivity contribution < 1.29 is 9.90 Å². The van der Waals surface area contributed by atoms with E-state index in [0.29, 0.717) is 16.6 Å². The fourth-order valence-corrected chi connectivity index (χ4v) is 2.45. The van der Waals surface area contributed by atoms with Crippen LogP contribution in [0.4, 0.5) is 5.13 Å². The Morgan fingerprint density at radius 3 is 3.00 bits per heavy atom. The van der Waals surface area contributed by atoms with Crippen LogP contribution in [-0.2, 0) is 0 Å². The molecule has 0 aliphatic carbocycles. The van der Waals surface area contributed by atoms with Crippen LogP contribution in [0.1, 0.15) is 41.5 Å². The molecule has 0 bridgehead atoms. The number of anilines is 1. The van der Waals surface area contributed by atoms with Crippen molar-refractivity contribution in [3.63, 3.8) is 0 Å². The van der Waals surface area contributed by atoms with E-state index in [9.17, 15) is 4.79 Å². The molecule has 2 N–H and O–H groups in total. The third-order valence-corrected chi connectivity index (χ3v) is 3.43. The molecule has 0 fully saturated rings. The summed E-state index contributed by atoms with van der Waals surface area (Å²) >= 11 is 1.38. The van der Waals surface area contributed by atoms with Gasteiger partial charge in [0.25, 0.3) is 5.91 Å². The van der Waals surface area contributed by atoms with Crippen molar-refractivity contribution in [2.75, 3.05) is 11.9 Å². The van der Waals surface area contributed by atoms with Crippen molar-refractivity contribution in [3.05, 3.63) is 40.7 Å². The molecule has 0 radical (unpaired) electrons. The Morgan fingerprint density at radius 2 is 2.33 bits per heavy atom. The molecule has 0 aromatic carbocycles. The van der Waals surface area contributed by atoms with E-state index in [4.69, 9.17) is 5.11 Å². The predicted octanol–water partition coefficient (Wildman–Crippen LogP) is 2.26. The standard InChI is InChI=1S/C15H15N3O2S/c1-10(2)12-9-21-15(17-12)18-14(20)13-11(6-4-8-19)5-3-7-16-13/h3,5,7,9-10,19H,8H2,1-2H3,(H,17,18,20). The summed E-state index contributed by atoms with van der Waals surface area (Å²) in [5.41, 5.74) is 1.64. The van der Waals surface area contributed by atoms with Gasteiger partial charge >= 0.3 is 0 Å². The number of pyridine rings is 1. The second-order valence-corrected chi connectivity index (χ2v) is 5.40. The lowest BCUT2D eigenvalue weighted by molar-refractivity contribution is 0.102. The van der Waals surface area contributed by atoms with Gasteiger partial charge in [0.2, 0.25) is 0 Å². The van der Waals surface area contributed by atoms with E-state index in [0.717, 1.165) is 5.69 Å². The topological polar surface area (TPSA) is 75.1 Å². The molecule has 0 saturated heterocycles. The molecule has 0 saturated carbocycles. The van der Waals surface area contributed by atoms with Gasteiger partial charge < -0.3 is 5.11 Å². The Kier molecular flexibility index (Phi) is 5.04. The molecule has 0 unspecified atom stereocenters. The minimum atomic E-state index is -0.359. The summed E-state index contributed by atoms with van der Waals surface area (Å²) in [6.45, 7) is 3.82. The molecule has 21 heavy (non-hydrogen) atoms. The van der Waals surface area contributed by atoms with E-state index in [1.807, 2.05) is 19.2 Å². The van der Waals surface area contributed by atoms with Crippen LogP contribution in [0.25, 0.3) is 0 Å². The number of aromatic nitrogens is 2. The smallest absolute Gasteiger partial charge is 0.277 e. The number of amides is 1. The number of nitrogens with one attached hydrogen (secondary N) is 1. The lowest BCUT2D eigenvalue weighted by Crippen LogP contribution is -2.15. The summed E-state index contributed by atoms with van der Waals surface area (Å²) in [5, 5.41) is 13.9. The molecule has 6 heteroatoms. The molecule has 1 amide bonds. The molecule has 0 spiro atoms. The average molecular weight is 301 g/mol. The zero-order valence-electron chi connectivity index (χ0n) is 11.8. The highest BCUT2D eigenvalue weighted by Gasteiger charge is 2.14. The third kappa shape index (κ3) is 3.88. The Bertz CT molecular complexity index is 698. The van der Waals surface area contributed by atoms with E-state index in [1.165, 1.54) is 17.5 Å². The van der Waals surface area contributed by atoms with E-state index < -0.39 is 0 Å². The number of nitrogens with zero attached hydrogens (tertiary/aromatic N) is 2. The molecular weight excluding hydrogens is 286 g/mol. The SMILES string of the molecule is CC(C)c1csc(NC(=O)c2ncccc2C#CCO)n1. The number of aliphatic hydroxyl groups is 1. The highest BCUT2D eigenvalue weighted by Crippen LogP contribution is 2.22. The van der Waals surface area contributed by atoms with Crippen LogP contribution in [0.15, 0.2) is 23.7 Å². The zero-order valence-corrected chi connectivity index (χ0v) is 12.6. The lowest BCUT2D eigenvalue weighted by atomic mass is 10.2. The summed E-state index contributed by atoms with van der Waals surface area (Å²) in [6.07, 6.45) is 1.53. The van der Waals surface area contributed by atoms with Crippen molar-refractivity contribution in [1.82, 2.24) is 9.97 Å². The molecule has 108 valence electrons. The van der Waals surface area contributed by atoms with Crippen LogP contribution in [0.2, 0.25) is 0 Å². The van der Waals surface area contributed by atoms with Crippen molar-refractivity contribution in [3.8, 4) is 11.8 Å². The average Bonchev–Trinajstić information content (AvgIpc) is 2.94. The first kappa shape index (κ1) is 15.2. The monoisotopic (exact) mass is 301 g/mol. The van der Waals surface area contributed by atoms with Crippen molar-refractivity contribution in [2.24, 2.45) is 0 Å². The highest BCUT2D eigenvalue weighted by atomic mass is 32.1. The first-order valence-corrected chi connectivity index (χ1v) is 7.31. The summed E-state index contributed by atoms with van der Waals surface area (Å²) in [6, 6.07) is 3.38. The van der Waals surface area contributed by atoms with Gasteiger partial charge in [0.05, 0.1) is 11.3 Å². The van der Waals surface area contributed by atoms with E-state index in [-0.39, 0.29) is 18.2 Å². The number of hydrogen-bond acceptors (Lipinski definition) is 5. The van der Waals surface area contributed by atoms with Gasteiger partial charge in [0.15, 0.2) is 5.13 Å². The molecule has 2 rings (SSSR count). The normalized spacial score (nSPS) is 10.1. The van der Waals surface area contributed by atoms with E-state index >= 15 is 0 Å². The van der Waals surface area contributed by atoms with Gasteiger partial charge in [-0.15, -0.1) is 11.3 Å². The van der Waals surface area contributed by atoms with Crippen LogP contribution in [0.3, 0.4) is 0 Å². The Balaban J connectivity index is 2.20. The largest absolute Gasteiger partial charge is 0.384 e. The molecular formula is C15H15N3O2S. The van der Waals surface area contributed by atoms with E-state index in [2.05, 4.69) is 27.1 Å². The fourth-order valence-electron chi connectivity index (χ4n) is 1.59. The van der Waals surface area contributed by atoms with Gasteiger partial charge in [0.1, 0.15) is 12.3 Å². The second-order valence-electron chi connectivity index (χ2n) is 4.55. The van der Waals surface area contributed by atoms with Crippen LogP contribution < -0.4 is 5.32 Å². The Hall–Kier alpha value is -2.23. The minimum absolute atomic E-state index is 0.222. The quantitative estimate of drug-likeness (QED) is 0.853. The first-order chi connectivity index (χ1) is 10.1. The fraction of sp³-hybridized carbons (Fsp3) is 0.267. The number of hydrogen-bond donors (Lipinski definition) is 2. The first-order valence-electron chi connectivity index (χ1n) is 6.43. The van der Waals surface area contributed by atoms with Crippen LogP contribution in [0.5, 0.6) is 0 Å². The summed E-state index contributed by atoms with van der Waals surface area (Å²) in [5.74, 6) is 5.18.